The van der Waals surface area contributed by atoms with Gasteiger partial charge in [-0.15, -0.1) is 0 Å². The summed E-state index contributed by atoms with van der Waals surface area (Å²) in [6, 6.07) is 18.9. The van der Waals surface area contributed by atoms with Gasteiger partial charge in [0.2, 0.25) is 5.79 Å². The first-order chi connectivity index (χ1) is 12.8. The lowest BCUT2D eigenvalue weighted by atomic mass is 9.97. The zero-order chi connectivity index (χ0) is 17.5. The molecule has 136 valence electrons. The summed E-state index contributed by atoms with van der Waals surface area (Å²) in [5.74, 6) is -0.662. The van der Waals surface area contributed by atoms with Crippen LogP contribution in [0.1, 0.15) is 55.2 Å². The van der Waals surface area contributed by atoms with Crippen LogP contribution in [0.25, 0.3) is 0 Å². The Labute approximate surface area is 155 Å². The molecule has 5 rings (SSSR count). The quantitative estimate of drug-likeness (QED) is 0.773. The topological polar surface area (TPSA) is 27.7 Å². The molecule has 3 heteroatoms. The summed E-state index contributed by atoms with van der Waals surface area (Å²) in [4.78, 5) is 0. The molecule has 1 unspecified atom stereocenters. The van der Waals surface area contributed by atoms with Crippen LogP contribution in [0.5, 0.6) is 0 Å². The van der Waals surface area contributed by atoms with E-state index in [1.807, 2.05) is 0 Å². The molecule has 0 amide bonds. The van der Waals surface area contributed by atoms with E-state index in [9.17, 15) is 0 Å². The first-order valence-corrected chi connectivity index (χ1v) is 9.89. The number of hydrogen-bond acceptors (Lipinski definition) is 3. The molecule has 3 nitrogen and oxygen atoms in total. The monoisotopic (exact) mass is 350 g/mol. The van der Waals surface area contributed by atoms with E-state index >= 15 is 0 Å². The highest BCUT2D eigenvalue weighted by molar-refractivity contribution is 5.36. The summed E-state index contributed by atoms with van der Waals surface area (Å²) in [5, 5.41) is 0. The maximum atomic E-state index is 6.77. The Balaban J connectivity index is 1.45. The van der Waals surface area contributed by atoms with E-state index in [1.165, 1.54) is 36.0 Å². The number of fused-ring (bicyclic) bond motifs is 1. The van der Waals surface area contributed by atoms with Crippen molar-refractivity contribution >= 4 is 0 Å². The highest BCUT2D eigenvalue weighted by atomic mass is 16.7. The standard InChI is InChI=1S/C23H26O3/c1-3-11-20(12-4-1)22(26-21-13-5-2-6-14-21)17-23(22)24-15-18-9-7-8-10-19(18)16-25-23/h1,3-4,7-12,21H,2,5-6,13-17H2. The third kappa shape index (κ3) is 2.70. The van der Waals surface area contributed by atoms with Crippen LogP contribution in [0.3, 0.4) is 0 Å². The van der Waals surface area contributed by atoms with Crippen molar-refractivity contribution in [3.05, 3.63) is 71.3 Å². The first-order valence-electron chi connectivity index (χ1n) is 9.89. The minimum absolute atomic E-state index is 0.307. The fraction of sp³-hybridized carbons (Fsp3) is 0.478. The third-order valence-electron chi connectivity index (χ3n) is 6.17. The Morgan fingerprint density at radius 2 is 1.38 bits per heavy atom. The Bertz CT molecular complexity index is 739. The second-order valence-corrected chi connectivity index (χ2v) is 7.85. The lowest BCUT2D eigenvalue weighted by Crippen LogP contribution is -2.35. The Morgan fingerprint density at radius 1 is 0.769 bits per heavy atom. The van der Waals surface area contributed by atoms with Gasteiger partial charge in [0, 0.05) is 6.42 Å². The minimum atomic E-state index is -0.662. The third-order valence-corrected chi connectivity index (χ3v) is 6.17. The van der Waals surface area contributed by atoms with Crippen molar-refractivity contribution in [1.29, 1.82) is 0 Å². The van der Waals surface area contributed by atoms with E-state index in [1.54, 1.807) is 0 Å². The molecule has 1 spiro atoms. The van der Waals surface area contributed by atoms with Crippen molar-refractivity contribution in [1.82, 2.24) is 0 Å². The van der Waals surface area contributed by atoms with Crippen molar-refractivity contribution in [3.63, 3.8) is 0 Å². The molecule has 0 saturated heterocycles. The van der Waals surface area contributed by atoms with Crippen LogP contribution >= 0.6 is 0 Å². The Morgan fingerprint density at radius 3 is 2.04 bits per heavy atom. The van der Waals surface area contributed by atoms with Crippen LogP contribution in [0, 0.1) is 0 Å². The molecule has 0 bridgehead atoms. The van der Waals surface area contributed by atoms with Gasteiger partial charge in [-0.1, -0.05) is 73.9 Å². The Hall–Kier alpha value is -1.68. The average molecular weight is 350 g/mol. The number of benzene rings is 2. The fourth-order valence-electron chi connectivity index (χ4n) is 4.58. The van der Waals surface area contributed by atoms with Gasteiger partial charge >= 0.3 is 0 Å². The molecule has 2 aliphatic carbocycles. The maximum Gasteiger partial charge on any atom is 0.206 e. The van der Waals surface area contributed by atoms with Crippen LogP contribution in [0.2, 0.25) is 0 Å². The van der Waals surface area contributed by atoms with Gasteiger partial charge in [0.15, 0.2) is 5.60 Å². The largest absolute Gasteiger partial charge is 0.361 e. The van der Waals surface area contributed by atoms with Crippen molar-refractivity contribution < 1.29 is 14.2 Å². The van der Waals surface area contributed by atoms with Crippen LogP contribution < -0.4 is 0 Å². The summed E-state index contributed by atoms with van der Waals surface area (Å²) in [5.41, 5.74) is 3.14. The zero-order valence-electron chi connectivity index (χ0n) is 15.2. The highest BCUT2D eigenvalue weighted by Gasteiger charge is 2.74. The molecule has 1 aliphatic heterocycles. The first kappa shape index (κ1) is 16.5. The van der Waals surface area contributed by atoms with Gasteiger partial charge < -0.3 is 14.2 Å². The van der Waals surface area contributed by atoms with E-state index in [4.69, 9.17) is 14.2 Å². The molecule has 1 atom stereocenters. The molecular weight excluding hydrogens is 324 g/mol. The van der Waals surface area contributed by atoms with Gasteiger partial charge in [0.25, 0.3) is 0 Å². The molecule has 1 heterocycles. The molecule has 0 N–H and O–H groups in total. The van der Waals surface area contributed by atoms with Crippen molar-refractivity contribution in [2.45, 2.75) is 69.2 Å². The summed E-state index contributed by atoms with van der Waals surface area (Å²) in [6.45, 7) is 1.16. The maximum absolute atomic E-state index is 6.77. The summed E-state index contributed by atoms with van der Waals surface area (Å²) < 4.78 is 19.6. The van der Waals surface area contributed by atoms with Crippen LogP contribution in [-0.4, -0.2) is 11.9 Å². The van der Waals surface area contributed by atoms with Gasteiger partial charge in [-0.3, -0.25) is 0 Å². The van der Waals surface area contributed by atoms with Crippen molar-refractivity contribution in [3.8, 4) is 0 Å². The normalized spacial score (nSPS) is 27.7. The molecule has 3 aliphatic rings. The van der Waals surface area contributed by atoms with Crippen LogP contribution in [0.15, 0.2) is 54.6 Å². The van der Waals surface area contributed by atoms with Crippen LogP contribution in [0.4, 0.5) is 0 Å². The Kier molecular flexibility index (Phi) is 4.11. The van der Waals surface area contributed by atoms with E-state index < -0.39 is 11.4 Å². The zero-order valence-corrected chi connectivity index (χ0v) is 15.2. The van der Waals surface area contributed by atoms with Gasteiger partial charge in [-0.05, 0) is 29.5 Å². The van der Waals surface area contributed by atoms with Gasteiger partial charge in [-0.2, -0.15) is 0 Å². The molecule has 26 heavy (non-hydrogen) atoms. The molecule has 0 aromatic heterocycles. The SMILES string of the molecule is c1ccc(C2(OC3CCCCC3)CC23OCc2ccccc2CO3)cc1. The summed E-state index contributed by atoms with van der Waals surface area (Å²) in [6.07, 6.45) is 7.21. The second kappa shape index (κ2) is 6.49. The number of ether oxygens (including phenoxy) is 3. The molecule has 2 aromatic rings. The number of rotatable bonds is 3. The smallest absolute Gasteiger partial charge is 0.206 e. The fourth-order valence-corrected chi connectivity index (χ4v) is 4.58. The van der Waals surface area contributed by atoms with E-state index in [0.29, 0.717) is 19.3 Å². The lowest BCUT2D eigenvalue weighted by Gasteiger charge is -2.31. The van der Waals surface area contributed by atoms with E-state index in [-0.39, 0.29) is 0 Å². The number of hydrogen-bond donors (Lipinski definition) is 0. The summed E-state index contributed by atoms with van der Waals surface area (Å²) in [7, 11) is 0. The predicted octanol–water partition coefficient (Wildman–Crippen LogP) is 5.08. The molecule has 2 saturated carbocycles. The molecule has 2 aromatic carbocycles. The van der Waals surface area contributed by atoms with E-state index in [2.05, 4.69) is 54.6 Å². The van der Waals surface area contributed by atoms with Crippen molar-refractivity contribution in [2.75, 3.05) is 0 Å². The second-order valence-electron chi connectivity index (χ2n) is 7.85. The summed E-state index contributed by atoms with van der Waals surface area (Å²) >= 11 is 0. The average Bonchev–Trinajstić information content (AvgIpc) is 3.39. The highest BCUT2D eigenvalue weighted by Crippen LogP contribution is 2.63. The van der Waals surface area contributed by atoms with Gasteiger partial charge in [0.05, 0.1) is 19.3 Å². The van der Waals surface area contributed by atoms with Gasteiger partial charge in [-0.25, -0.2) is 0 Å². The van der Waals surface area contributed by atoms with Gasteiger partial charge in [0.1, 0.15) is 0 Å². The minimum Gasteiger partial charge on any atom is -0.361 e. The van der Waals surface area contributed by atoms with Crippen LogP contribution in [-0.2, 0) is 33.0 Å². The van der Waals surface area contributed by atoms with Crippen molar-refractivity contribution in [2.24, 2.45) is 0 Å². The van der Waals surface area contributed by atoms with E-state index in [0.717, 1.165) is 19.3 Å². The molecular formula is C23H26O3. The lowest BCUT2D eigenvalue weighted by molar-refractivity contribution is -0.234. The predicted molar refractivity (Wildman–Crippen MR) is 99.4 cm³/mol. The molecule has 2 fully saturated rings. The molecule has 0 radical (unpaired) electrons.